The molecule has 9 nitrogen and oxygen atoms in total. The molecule has 0 saturated heterocycles. The molecule has 2 heterocycles. The zero-order valence-corrected chi connectivity index (χ0v) is 17.8. The second kappa shape index (κ2) is 9.51. The van der Waals surface area contributed by atoms with Crippen molar-refractivity contribution in [2.75, 3.05) is 18.7 Å². The number of fused-ring (bicyclic) bond motifs is 1. The number of nitrogens with zero attached hydrogens (tertiary/aromatic N) is 2. The van der Waals surface area contributed by atoms with Crippen LogP contribution in [0.5, 0.6) is 17.2 Å². The van der Waals surface area contributed by atoms with E-state index in [1.54, 1.807) is 36.4 Å². The Kier molecular flexibility index (Phi) is 6.34. The van der Waals surface area contributed by atoms with Crippen LogP contribution in [0.15, 0.2) is 40.9 Å². The van der Waals surface area contributed by atoms with E-state index >= 15 is 0 Å². The molecule has 1 aliphatic rings. The Bertz CT molecular complexity index is 1120. The molecule has 1 aromatic heterocycles. The van der Waals surface area contributed by atoms with Gasteiger partial charge in [-0.15, -0.1) is 0 Å². The molecule has 1 aliphatic heterocycles. The molecule has 0 saturated carbocycles. The summed E-state index contributed by atoms with van der Waals surface area (Å²) < 4.78 is 21.4. The van der Waals surface area contributed by atoms with Crippen LogP contribution < -0.4 is 19.5 Å². The SMILES string of the molecule is CCCCc1nc(-c2ccc(OCC(=O)Nc3cc4c(cc3C(C)=O)OCO4)cc2)no1. The molecular formula is C23H23N3O6. The van der Waals surface area contributed by atoms with Gasteiger partial charge in [0.05, 0.1) is 5.69 Å². The lowest BCUT2D eigenvalue weighted by atomic mass is 10.1. The highest BCUT2D eigenvalue weighted by Gasteiger charge is 2.20. The van der Waals surface area contributed by atoms with Crippen LogP contribution in [0, 0.1) is 0 Å². The van der Waals surface area contributed by atoms with Gasteiger partial charge in [-0.1, -0.05) is 18.5 Å². The minimum Gasteiger partial charge on any atom is -0.484 e. The highest BCUT2D eigenvalue weighted by Crippen LogP contribution is 2.37. The second-order valence-corrected chi connectivity index (χ2v) is 7.28. The number of ether oxygens (including phenoxy) is 3. The zero-order valence-electron chi connectivity index (χ0n) is 17.8. The molecule has 1 N–H and O–H groups in total. The van der Waals surface area contributed by atoms with E-state index in [9.17, 15) is 9.59 Å². The average Bonchev–Trinajstić information content (AvgIpc) is 3.45. The third-order valence-electron chi connectivity index (χ3n) is 4.86. The molecule has 0 unspecified atom stereocenters. The van der Waals surface area contributed by atoms with Crippen LogP contribution in [0.2, 0.25) is 0 Å². The smallest absolute Gasteiger partial charge is 0.262 e. The van der Waals surface area contributed by atoms with Gasteiger partial charge in [0.1, 0.15) is 5.75 Å². The summed E-state index contributed by atoms with van der Waals surface area (Å²) in [5.41, 5.74) is 1.48. The minimum absolute atomic E-state index is 0.0765. The predicted molar refractivity (Wildman–Crippen MR) is 115 cm³/mol. The summed E-state index contributed by atoms with van der Waals surface area (Å²) >= 11 is 0. The van der Waals surface area contributed by atoms with Gasteiger partial charge in [0.2, 0.25) is 18.5 Å². The third-order valence-corrected chi connectivity index (χ3v) is 4.86. The second-order valence-electron chi connectivity index (χ2n) is 7.28. The molecule has 4 rings (SSSR count). The van der Waals surface area contributed by atoms with Crippen molar-refractivity contribution in [2.45, 2.75) is 33.1 Å². The highest BCUT2D eigenvalue weighted by molar-refractivity contribution is 6.04. The normalized spacial score (nSPS) is 11.9. The number of carbonyl (C=O) groups excluding carboxylic acids is 2. The molecule has 0 radical (unpaired) electrons. The molecule has 2 aromatic carbocycles. The van der Waals surface area contributed by atoms with Crippen LogP contribution >= 0.6 is 0 Å². The maximum Gasteiger partial charge on any atom is 0.262 e. The van der Waals surface area contributed by atoms with E-state index in [1.807, 2.05) is 0 Å². The summed E-state index contributed by atoms with van der Waals surface area (Å²) in [5, 5.41) is 6.70. The number of anilines is 1. The quantitative estimate of drug-likeness (QED) is 0.499. The van der Waals surface area contributed by atoms with E-state index in [2.05, 4.69) is 22.4 Å². The Hall–Kier alpha value is -3.88. The van der Waals surface area contributed by atoms with Gasteiger partial charge in [-0.3, -0.25) is 9.59 Å². The predicted octanol–water partition coefficient (Wildman–Crippen LogP) is 4.03. The molecule has 32 heavy (non-hydrogen) atoms. The van der Waals surface area contributed by atoms with Crippen molar-refractivity contribution in [2.24, 2.45) is 0 Å². The number of hydrogen-bond acceptors (Lipinski definition) is 8. The van der Waals surface area contributed by atoms with Crippen LogP contribution in [0.3, 0.4) is 0 Å². The van der Waals surface area contributed by atoms with Crippen LogP contribution in [-0.2, 0) is 11.2 Å². The van der Waals surface area contributed by atoms with Crippen LogP contribution in [-0.4, -0.2) is 35.2 Å². The first-order valence-electron chi connectivity index (χ1n) is 10.3. The fourth-order valence-corrected chi connectivity index (χ4v) is 3.17. The number of benzene rings is 2. The molecule has 3 aromatic rings. The van der Waals surface area contributed by atoms with E-state index in [4.69, 9.17) is 18.7 Å². The van der Waals surface area contributed by atoms with Crippen LogP contribution in [0.4, 0.5) is 5.69 Å². The van der Waals surface area contributed by atoms with Crippen molar-refractivity contribution in [3.05, 3.63) is 47.9 Å². The standard InChI is InChI=1S/C23H23N3O6/c1-3-4-5-22-25-23(26-32-22)15-6-8-16(9-7-15)29-12-21(28)24-18-11-20-19(30-13-31-20)10-17(18)14(2)27/h6-11H,3-5,12-13H2,1-2H3,(H,24,28). The van der Waals surface area contributed by atoms with Crippen molar-refractivity contribution in [1.29, 1.82) is 0 Å². The Morgan fingerprint density at radius 3 is 2.59 bits per heavy atom. The van der Waals surface area contributed by atoms with Gasteiger partial charge in [0.15, 0.2) is 23.9 Å². The Morgan fingerprint density at radius 1 is 1.12 bits per heavy atom. The first kappa shape index (κ1) is 21.4. The third kappa shape index (κ3) is 4.88. The van der Waals surface area contributed by atoms with E-state index < -0.39 is 5.91 Å². The molecule has 0 atom stereocenters. The van der Waals surface area contributed by atoms with Crippen molar-refractivity contribution in [3.8, 4) is 28.6 Å². The number of nitrogens with one attached hydrogen (secondary N) is 1. The lowest BCUT2D eigenvalue weighted by molar-refractivity contribution is -0.118. The molecule has 0 bridgehead atoms. The molecule has 1 amide bonds. The van der Waals surface area contributed by atoms with Gasteiger partial charge in [-0.05, 0) is 43.7 Å². The van der Waals surface area contributed by atoms with Crippen molar-refractivity contribution in [1.82, 2.24) is 10.1 Å². The van der Waals surface area contributed by atoms with Crippen LogP contribution in [0.25, 0.3) is 11.4 Å². The van der Waals surface area contributed by atoms with E-state index in [0.717, 1.165) is 24.8 Å². The molecule has 9 heteroatoms. The highest BCUT2D eigenvalue weighted by atomic mass is 16.7. The van der Waals surface area contributed by atoms with E-state index in [-0.39, 0.29) is 19.2 Å². The topological polar surface area (TPSA) is 113 Å². The van der Waals surface area contributed by atoms with Gasteiger partial charge < -0.3 is 24.1 Å². The largest absolute Gasteiger partial charge is 0.484 e. The molecular weight excluding hydrogens is 414 g/mol. The Morgan fingerprint density at radius 2 is 1.88 bits per heavy atom. The fraction of sp³-hybridized carbons (Fsp3) is 0.304. The number of aryl methyl sites for hydroxylation is 1. The van der Waals surface area contributed by atoms with Gasteiger partial charge >= 0.3 is 0 Å². The number of rotatable bonds is 9. The van der Waals surface area contributed by atoms with Crippen molar-refractivity contribution in [3.63, 3.8) is 0 Å². The number of amides is 1. The molecule has 166 valence electrons. The summed E-state index contributed by atoms with van der Waals surface area (Å²) in [4.78, 5) is 28.7. The maximum absolute atomic E-state index is 12.4. The van der Waals surface area contributed by atoms with E-state index in [1.165, 1.54) is 6.92 Å². The number of ketones is 1. The Balaban J connectivity index is 1.35. The zero-order chi connectivity index (χ0) is 22.5. The molecule has 0 spiro atoms. The van der Waals surface area contributed by atoms with Crippen molar-refractivity contribution >= 4 is 17.4 Å². The number of Topliss-reactive ketones (excluding diaryl/α,β-unsaturated/α-hetero) is 1. The number of carbonyl (C=O) groups is 2. The van der Waals surface area contributed by atoms with Gasteiger partial charge in [-0.25, -0.2) is 0 Å². The minimum atomic E-state index is -0.408. The molecule has 0 aliphatic carbocycles. The summed E-state index contributed by atoms with van der Waals surface area (Å²) in [6, 6.07) is 10.2. The average molecular weight is 437 g/mol. The van der Waals surface area contributed by atoms with Gasteiger partial charge in [0, 0.05) is 23.6 Å². The number of aromatic nitrogens is 2. The van der Waals surface area contributed by atoms with Gasteiger partial charge in [0.25, 0.3) is 5.91 Å². The lowest BCUT2D eigenvalue weighted by Gasteiger charge is -2.11. The van der Waals surface area contributed by atoms with Crippen molar-refractivity contribution < 1.29 is 28.3 Å². The first-order valence-corrected chi connectivity index (χ1v) is 10.3. The summed E-state index contributed by atoms with van der Waals surface area (Å²) in [5.74, 6) is 1.98. The van der Waals surface area contributed by atoms with Gasteiger partial charge in [-0.2, -0.15) is 4.98 Å². The van der Waals surface area contributed by atoms with Crippen LogP contribution in [0.1, 0.15) is 42.9 Å². The number of hydrogen-bond donors (Lipinski definition) is 1. The number of unbranched alkanes of at least 4 members (excludes halogenated alkanes) is 1. The fourth-order valence-electron chi connectivity index (χ4n) is 3.17. The van der Waals surface area contributed by atoms with E-state index in [0.29, 0.717) is 40.2 Å². The summed E-state index contributed by atoms with van der Waals surface area (Å²) in [6.07, 6.45) is 2.81. The monoisotopic (exact) mass is 437 g/mol. The Labute approximate surface area is 184 Å². The summed E-state index contributed by atoms with van der Waals surface area (Å²) in [6.45, 7) is 3.37. The maximum atomic E-state index is 12.4. The molecule has 0 fully saturated rings. The lowest BCUT2D eigenvalue weighted by Crippen LogP contribution is -2.21. The first-order chi connectivity index (χ1) is 15.5. The summed E-state index contributed by atoms with van der Waals surface area (Å²) in [7, 11) is 0.